The summed E-state index contributed by atoms with van der Waals surface area (Å²) >= 11 is 0. The van der Waals surface area contributed by atoms with E-state index in [9.17, 15) is 8.78 Å². The fraction of sp³-hybridized carbons (Fsp3) is 0.538. The molecule has 0 aliphatic heterocycles. The molecular formula is C13H19F2N. The van der Waals surface area contributed by atoms with Crippen LogP contribution in [0, 0.1) is 17.6 Å². The van der Waals surface area contributed by atoms with Crippen LogP contribution in [0.3, 0.4) is 0 Å². The zero-order valence-corrected chi connectivity index (χ0v) is 9.84. The van der Waals surface area contributed by atoms with Gasteiger partial charge in [-0.1, -0.05) is 13.8 Å². The third-order valence-corrected chi connectivity index (χ3v) is 2.50. The predicted molar refractivity (Wildman–Crippen MR) is 62.1 cm³/mol. The summed E-state index contributed by atoms with van der Waals surface area (Å²) in [5, 5.41) is 0. The van der Waals surface area contributed by atoms with Gasteiger partial charge in [-0.2, -0.15) is 0 Å². The Hall–Kier alpha value is -0.960. The van der Waals surface area contributed by atoms with E-state index >= 15 is 0 Å². The van der Waals surface area contributed by atoms with Gasteiger partial charge in [0.1, 0.15) is 11.6 Å². The lowest BCUT2D eigenvalue weighted by molar-refractivity contribution is 0.472. The summed E-state index contributed by atoms with van der Waals surface area (Å²) < 4.78 is 25.8. The van der Waals surface area contributed by atoms with Crippen molar-refractivity contribution >= 4 is 0 Å². The van der Waals surface area contributed by atoms with Gasteiger partial charge in [0.2, 0.25) is 0 Å². The van der Waals surface area contributed by atoms with Crippen molar-refractivity contribution in [3.05, 3.63) is 35.4 Å². The van der Waals surface area contributed by atoms with Gasteiger partial charge >= 0.3 is 0 Å². The lowest BCUT2D eigenvalue weighted by Gasteiger charge is -2.13. The molecule has 0 aliphatic rings. The molecule has 0 saturated heterocycles. The fourth-order valence-electron chi connectivity index (χ4n) is 1.83. The van der Waals surface area contributed by atoms with Crippen LogP contribution in [0.2, 0.25) is 0 Å². The molecule has 1 unspecified atom stereocenters. The van der Waals surface area contributed by atoms with Crippen LogP contribution in [0.25, 0.3) is 0 Å². The Labute approximate surface area is 95.7 Å². The largest absolute Gasteiger partial charge is 0.328 e. The van der Waals surface area contributed by atoms with Gasteiger partial charge in [0.15, 0.2) is 0 Å². The van der Waals surface area contributed by atoms with E-state index in [-0.39, 0.29) is 6.04 Å². The molecule has 0 bridgehead atoms. The Morgan fingerprint density at radius 1 is 1.12 bits per heavy atom. The molecule has 0 aliphatic carbocycles. The van der Waals surface area contributed by atoms with Crippen LogP contribution in [0.15, 0.2) is 18.2 Å². The van der Waals surface area contributed by atoms with E-state index in [1.54, 1.807) is 0 Å². The second kappa shape index (κ2) is 5.94. The highest BCUT2D eigenvalue weighted by molar-refractivity contribution is 5.18. The molecule has 1 atom stereocenters. The van der Waals surface area contributed by atoms with Crippen molar-refractivity contribution in [2.24, 2.45) is 11.7 Å². The first-order valence-electron chi connectivity index (χ1n) is 5.68. The van der Waals surface area contributed by atoms with E-state index in [4.69, 9.17) is 5.73 Å². The second-order valence-corrected chi connectivity index (χ2v) is 4.71. The lowest BCUT2D eigenvalue weighted by atomic mass is 9.98. The van der Waals surface area contributed by atoms with Crippen molar-refractivity contribution in [1.82, 2.24) is 0 Å². The highest BCUT2D eigenvalue weighted by Gasteiger charge is 2.07. The van der Waals surface area contributed by atoms with Crippen LogP contribution in [-0.2, 0) is 6.42 Å². The molecule has 0 saturated carbocycles. The van der Waals surface area contributed by atoms with Crippen molar-refractivity contribution in [3.8, 4) is 0 Å². The Kier molecular flexibility index (Phi) is 4.87. The molecule has 2 N–H and O–H groups in total. The van der Waals surface area contributed by atoms with Crippen LogP contribution < -0.4 is 5.73 Å². The topological polar surface area (TPSA) is 26.0 Å². The van der Waals surface area contributed by atoms with Gasteiger partial charge in [-0.25, -0.2) is 8.78 Å². The van der Waals surface area contributed by atoms with E-state index in [1.807, 2.05) is 0 Å². The van der Waals surface area contributed by atoms with Crippen LogP contribution >= 0.6 is 0 Å². The molecule has 0 fully saturated rings. The van der Waals surface area contributed by atoms with Crippen LogP contribution in [0.5, 0.6) is 0 Å². The van der Waals surface area contributed by atoms with E-state index in [0.29, 0.717) is 17.9 Å². The number of hydrogen-bond acceptors (Lipinski definition) is 1. The summed E-state index contributed by atoms with van der Waals surface area (Å²) in [4.78, 5) is 0. The molecule has 90 valence electrons. The normalized spacial score (nSPS) is 13.1. The third kappa shape index (κ3) is 4.71. The van der Waals surface area contributed by atoms with Crippen LogP contribution in [0.1, 0.15) is 32.3 Å². The van der Waals surface area contributed by atoms with Crippen LogP contribution in [-0.4, -0.2) is 6.04 Å². The summed E-state index contributed by atoms with van der Waals surface area (Å²) in [5.41, 5.74) is 6.59. The van der Waals surface area contributed by atoms with Crippen molar-refractivity contribution < 1.29 is 8.78 Å². The summed E-state index contributed by atoms with van der Waals surface area (Å²) in [6.07, 6.45) is 2.33. The van der Waals surface area contributed by atoms with E-state index in [1.165, 1.54) is 12.1 Å². The quantitative estimate of drug-likeness (QED) is 0.820. The Morgan fingerprint density at radius 2 is 1.69 bits per heavy atom. The molecule has 1 aromatic rings. The molecule has 16 heavy (non-hydrogen) atoms. The zero-order valence-electron chi connectivity index (χ0n) is 9.84. The van der Waals surface area contributed by atoms with Crippen LogP contribution in [0.4, 0.5) is 8.78 Å². The van der Waals surface area contributed by atoms with Gasteiger partial charge in [-0.15, -0.1) is 0 Å². The monoisotopic (exact) mass is 227 g/mol. The maximum absolute atomic E-state index is 12.9. The van der Waals surface area contributed by atoms with Gasteiger partial charge in [0, 0.05) is 12.1 Å². The van der Waals surface area contributed by atoms with E-state index in [2.05, 4.69) is 13.8 Å². The minimum atomic E-state index is -0.521. The smallest absolute Gasteiger partial charge is 0.126 e. The number of rotatable bonds is 5. The third-order valence-electron chi connectivity index (χ3n) is 2.50. The molecule has 0 aromatic heterocycles. The minimum absolute atomic E-state index is 0.103. The standard InChI is InChI=1S/C13H19F2N/c1-9(2)5-13(16)4-3-10-6-11(14)8-12(15)7-10/h6-9,13H,3-5,16H2,1-2H3. The van der Waals surface area contributed by atoms with Crippen molar-refractivity contribution in [3.63, 3.8) is 0 Å². The minimum Gasteiger partial charge on any atom is -0.328 e. The van der Waals surface area contributed by atoms with Crippen molar-refractivity contribution in [2.45, 2.75) is 39.2 Å². The van der Waals surface area contributed by atoms with Gasteiger partial charge in [-0.05, 0) is 42.9 Å². The van der Waals surface area contributed by atoms with Gasteiger partial charge < -0.3 is 5.73 Å². The Bertz CT molecular complexity index is 316. The number of benzene rings is 1. The predicted octanol–water partition coefficient (Wildman–Crippen LogP) is 3.27. The molecule has 0 amide bonds. The average Bonchev–Trinajstić information content (AvgIpc) is 2.12. The lowest BCUT2D eigenvalue weighted by Crippen LogP contribution is -2.22. The molecule has 0 radical (unpaired) electrons. The fourth-order valence-corrected chi connectivity index (χ4v) is 1.83. The highest BCUT2D eigenvalue weighted by Crippen LogP contribution is 2.13. The summed E-state index contributed by atoms with van der Waals surface area (Å²) in [6.45, 7) is 4.23. The summed E-state index contributed by atoms with van der Waals surface area (Å²) in [6, 6.07) is 3.72. The number of aryl methyl sites for hydroxylation is 1. The second-order valence-electron chi connectivity index (χ2n) is 4.71. The number of halogens is 2. The molecular weight excluding hydrogens is 208 g/mol. The highest BCUT2D eigenvalue weighted by atomic mass is 19.1. The zero-order chi connectivity index (χ0) is 12.1. The van der Waals surface area contributed by atoms with Gasteiger partial charge in [-0.3, -0.25) is 0 Å². The number of hydrogen-bond donors (Lipinski definition) is 1. The first-order chi connectivity index (χ1) is 7.47. The maximum Gasteiger partial charge on any atom is 0.126 e. The Morgan fingerprint density at radius 3 is 2.19 bits per heavy atom. The van der Waals surface area contributed by atoms with E-state index < -0.39 is 11.6 Å². The van der Waals surface area contributed by atoms with Gasteiger partial charge in [0.25, 0.3) is 0 Å². The van der Waals surface area contributed by atoms with Crippen molar-refractivity contribution in [2.75, 3.05) is 0 Å². The average molecular weight is 227 g/mol. The first kappa shape index (κ1) is 13.1. The summed E-state index contributed by atoms with van der Waals surface area (Å²) in [7, 11) is 0. The SMILES string of the molecule is CC(C)CC(N)CCc1cc(F)cc(F)c1. The molecule has 1 nitrogen and oxygen atoms in total. The molecule has 0 heterocycles. The number of nitrogens with two attached hydrogens (primary N) is 1. The molecule has 3 heteroatoms. The molecule has 0 spiro atoms. The van der Waals surface area contributed by atoms with Crippen molar-refractivity contribution in [1.29, 1.82) is 0 Å². The summed E-state index contributed by atoms with van der Waals surface area (Å²) in [5.74, 6) is -0.487. The maximum atomic E-state index is 12.9. The van der Waals surface area contributed by atoms with E-state index in [0.717, 1.165) is 18.9 Å². The molecule has 1 rings (SSSR count). The Balaban J connectivity index is 2.48. The first-order valence-corrected chi connectivity index (χ1v) is 5.68. The van der Waals surface area contributed by atoms with Gasteiger partial charge in [0.05, 0.1) is 0 Å². The molecule has 1 aromatic carbocycles.